The molecule has 1 N–H and O–H groups in total. The normalized spacial score (nSPS) is 21.2. The third kappa shape index (κ3) is 3.39. The molecule has 8 nitrogen and oxygen atoms in total. The van der Waals surface area contributed by atoms with E-state index in [0.29, 0.717) is 31.3 Å². The number of nitrogens with zero attached hydrogens (tertiary/aromatic N) is 3. The van der Waals surface area contributed by atoms with Gasteiger partial charge in [0.25, 0.3) is 0 Å². The summed E-state index contributed by atoms with van der Waals surface area (Å²) in [7, 11) is 0. The summed E-state index contributed by atoms with van der Waals surface area (Å²) in [6.45, 7) is 2.72. The molecule has 164 valence electrons. The number of nitrogens with one attached hydrogen (secondary N) is 1. The van der Waals surface area contributed by atoms with Crippen molar-refractivity contribution < 1.29 is 19.1 Å². The van der Waals surface area contributed by atoms with E-state index in [1.165, 1.54) is 0 Å². The van der Waals surface area contributed by atoms with Crippen LogP contribution in [0.5, 0.6) is 11.6 Å². The fourth-order valence-corrected chi connectivity index (χ4v) is 4.53. The molecule has 3 aromatic rings. The van der Waals surface area contributed by atoms with Gasteiger partial charge in [0.2, 0.25) is 11.8 Å². The Bertz CT molecular complexity index is 1250. The number of pyridine rings is 1. The lowest BCUT2D eigenvalue weighted by molar-refractivity contribution is -0.121. The third-order valence-electron chi connectivity index (χ3n) is 6.57. The van der Waals surface area contributed by atoms with Gasteiger partial charge in [-0.25, -0.2) is 9.97 Å². The van der Waals surface area contributed by atoms with Crippen LogP contribution in [0.1, 0.15) is 37.8 Å². The molecule has 4 heterocycles. The lowest BCUT2D eigenvalue weighted by Gasteiger charge is -2.21. The number of ketones is 1. The number of ether oxygens (including phenoxy) is 2. The number of carbonyl (C=O) groups is 2. The molecule has 3 aliphatic rings. The molecule has 0 radical (unpaired) electrons. The molecular formula is C24H24N4O4. The van der Waals surface area contributed by atoms with Crippen LogP contribution in [-0.4, -0.2) is 45.5 Å². The maximum atomic E-state index is 11.7. The van der Waals surface area contributed by atoms with Gasteiger partial charge in [0, 0.05) is 42.5 Å². The largest absolute Gasteiger partial charge is 0.486 e. The van der Waals surface area contributed by atoms with Crippen LogP contribution in [0.15, 0.2) is 30.6 Å². The maximum Gasteiger partial charge on any atom is 0.241 e. The van der Waals surface area contributed by atoms with Crippen molar-refractivity contribution in [2.24, 2.45) is 5.92 Å². The highest BCUT2D eigenvalue weighted by atomic mass is 16.5. The van der Waals surface area contributed by atoms with Crippen LogP contribution in [0.2, 0.25) is 0 Å². The summed E-state index contributed by atoms with van der Waals surface area (Å²) in [6, 6.07) is 8.23. The Labute approximate surface area is 184 Å². The molecule has 1 aliphatic carbocycles. The number of hydrogen-bond acceptors (Lipinski definition) is 6. The first kappa shape index (κ1) is 19.3. The van der Waals surface area contributed by atoms with Gasteiger partial charge >= 0.3 is 0 Å². The Balaban J connectivity index is 1.40. The maximum absolute atomic E-state index is 11.7. The quantitative estimate of drug-likeness (QED) is 0.666. The zero-order valence-electron chi connectivity index (χ0n) is 17.8. The average Bonchev–Trinajstić information content (AvgIpc) is 3.39. The summed E-state index contributed by atoms with van der Waals surface area (Å²) in [5, 5.41) is 2.88. The van der Waals surface area contributed by atoms with Crippen LogP contribution < -0.4 is 14.8 Å². The van der Waals surface area contributed by atoms with Gasteiger partial charge in [-0.05, 0) is 31.9 Å². The second kappa shape index (κ2) is 7.32. The molecule has 1 saturated heterocycles. The van der Waals surface area contributed by atoms with Gasteiger partial charge in [-0.15, -0.1) is 0 Å². The van der Waals surface area contributed by atoms with Crippen LogP contribution in [0.4, 0.5) is 0 Å². The molecule has 0 spiro atoms. The van der Waals surface area contributed by atoms with Crippen molar-refractivity contribution >= 4 is 22.7 Å². The molecule has 1 aromatic carbocycles. The van der Waals surface area contributed by atoms with Gasteiger partial charge in [-0.2, -0.15) is 0 Å². The Morgan fingerprint density at radius 2 is 2.12 bits per heavy atom. The number of fused-ring (bicyclic) bond motifs is 2. The molecule has 2 atom stereocenters. The second-order valence-corrected chi connectivity index (χ2v) is 8.98. The molecule has 0 bridgehead atoms. The standard InChI is InChI=1S/C24H24N4O4/c1-13(16-8-22(30)25-10-16)32-24-23-20(26-12-28(23)17-4-5-17)9-19(27-24)14-2-3-15-6-18(29)11-31-21(15)7-14/h2-3,7,9,12-13,16-17H,4-6,8,10-11H2,1H3,(H,25,30)/t13-,16-/m1/s1. The Morgan fingerprint density at radius 1 is 1.25 bits per heavy atom. The fourth-order valence-electron chi connectivity index (χ4n) is 4.53. The Hall–Kier alpha value is -3.42. The van der Waals surface area contributed by atoms with Gasteiger partial charge in [0.15, 0.2) is 5.78 Å². The van der Waals surface area contributed by atoms with Crippen LogP contribution >= 0.6 is 0 Å². The number of aromatic nitrogens is 3. The van der Waals surface area contributed by atoms with E-state index in [0.717, 1.165) is 46.4 Å². The number of amides is 1. The molecule has 2 fully saturated rings. The van der Waals surface area contributed by atoms with E-state index >= 15 is 0 Å². The van der Waals surface area contributed by atoms with Crippen molar-refractivity contribution in [3.05, 3.63) is 36.2 Å². The minimum absolute atomic E-state index is 0.0628. The van der Waals surface area contributed by atoms with Crippen molar-refractivity contribution in [1.82, 2.24) is 19.9 Å². The van der Waals surface area contributed by atoms with Gasteiger partial charge < -0.3 is 19.4 Å². The predicted octanol–water partition coefficient (Wildman–Crippen LogP) is 2.84. The number of benzene rings is 1. The number of hydrogen-bond donors (Lipinski definition) is 1. The summed E-state index contributed by atoms with van der Waals surface area (Å²) in [4.78, 5) is 32.9. The van der Waals surface area contributed by atoms with E-state index < -0.39 is 0 Å². The first-order valence-corrected chi connectivity index (χ1v) is 11.1. The highest BCUT2D eigenvalue weighted by Crippen LogP contribution is 2.41. The van der Waals surface area contributed by atoms with Crippen molar-refractivity contribution in [1.29, 1.82) is 0 Å². The zero-order valence-corrected chi connectivity index (χ0v) is 17.8. The second-order valence-electron chi connectivity index (χ2n) is 8.98. The molecule has 1 amide bonds. The molecule has 6 rings (SSSR count). The van der Waals surface area contributed by atoms with Crippen molar-refractivity contribution in [2.75, 3.05) is 13.2 Å². The molecule has 8 heteroatoms. The topological polar surface area (TPSA) is 95.3 Å². The van der Waals surface area contributed by atoms with E-state index in [1.807, 2.05) is 37.5 Å². The lowest BCUT2D eigenvalue weighted by atomic mass is 10.0. The lowest BCUT2D eigenvalue weighted by Crippen LogP contribution is -2.26. The van der Waals surface area contributed by atoms with Crippen molar-refractivity contribution in [3.8, 4) is 22.9 Å². The SMILES string of the molecule is C[C@@H](Oc1nc(-c2ccc3c(c2)OCC(=O)C3)cc2ncn(C3CC3)c12)[C@H]1CNC(=O)C1. The number of rotatable bonds is 5. The first-order valence-electron chi connectivity index (χ1n) is 11.1. The van der Waals surface area contributed by atoms with E-state index in [-0.39, 0.29) is 30.3 Å². The average molecular weight is 432 g/mol. The first-order chi connectivity index (χ1) is 15.5. The van der Waals surface area contributed by atoms with Crippen molar-refractivity contribution in [3.63, 3.8) is 0 Å². The summed E-state index contributed by atoms with van der Waals surface area (Å²) >= 11 is 0. The van der Waals surface area contributed by atoms with Gasteiger partial charge in [-0.1, -0.05) is 12.1 Å². The molecule has 2 aromatic heterocycles. The van der Waals surface area contributed by atoms with E-state index in [1.54, 1.807) is 0 Å². The van der Waals surface area contributed by atoms with Gasteiger partial charge in [-0.3, -0.25) is 9.59 Å². The molecular weight excluding hydrogens is 408 g/mol. The molecule has 32 heavy (non-hydrogen) atoms. The summed E-state index contributed by atoms with van der Waals surface area (Å²) in [5.41, 5.74) is 4.26. The Morgan fingerprint density at radius 3 is 2.91 bits per heavy atom. The smallest absolute Gasteiger partial charge is 0.241 e. The highest BCUT2D eigenvalue weighted by Gasteiger charge is 2.31. The Kier molecular flexibility index (Phi) is 4.41. The summed E-state index contributed by atoms with van der Waals surface area (Å²) in [6.07, 6.45) is 4.82. The minimum Gasteiger partial charge on any atom is -0.486 e. The van der Waals surface area contributed by atoms with Gasteiger partial charge in [0.1, 0.15) is 24.0 Å². The molecule has 1 saturated carbocycles. The molecule has 0 unspecified atom stereocenters. The number of Topliss-reactive ketones (excluding diaryl/α,β-unsaturated/α-hetero) is 1. The van der Waals surface area contributed by atoms with Crippen LogP contribution in [0.25, 0.3) is 22.3 Å². The van der Waals surface area contributed by atoms with E-state index in [9.17, 15) is 9.59 Å². The fraction of sp³-hybridized carbons (Fsp3) is 0.417. The van der Waals surface area contributed by atoms with Crippen LogP contribution in [0, 0.1) is 5.92 Å². The predicted molar refractivity (Wildman–Crippen MR) is 117 cm³/mol. The highest BCUT2D eigenvalue weighted by molar-refractivity contribution is 5.87. The number of imidazole rings is 1. The van der Waals surface area contributed by atoms with Gasteiger partial charge in [0.05, 0.1) is 17.5 Å². The summed E-state index contributed by atoms with van der Waals surface area (Å²) < 4.78 is 14.2. The van der Waals surface area contributed by atoms with Crippen LogP contribution in [0.3, 0.4) is 0 Å². The third-order valence-corrected chi connectivity index (χ3v) is 6.57. The molecule has 2 aliphatic heterocycles. The monoisotopic (exact) mass is 432 g/mol. The van der Waals surface area contributed by atoms with E-state index in [4.69, 9.17) is 14.5 Å². The van der Waals surface area contributed by atoms with Crippen LogP contribution in [-0.2, 0) is 16.0 Å². The van der Waals surface area contributed by atoms with E-state index in [2.05, 4.69) is 14.9 Å². The summed E-state index contributed by atoms with van der Waals surface area (Å²) in [5.74, 6) is 1.52. The minimum atomic E-state index is -0.166. The zero-order chi connectivity index (χ0) is 21.8. The van der Waals surface area contributed by atoms with Crippen molar-refractivity contribution in [2.45, 2.75) is 44.8 Å². The number of carbonyl (C=O) groups excluding carboxylic acids is 2.